The van der Waals surface area contributed by atoms with Gasteiger partial charge in [-0.3, -0.25) is 14.4 Å². The molecular formula is C19H20N2O5. The monoisotopic (exact) mass is 356 g/mol. The fourth-order valence-electron chi connectivity index (χ4n) is 2.21. The highest BCUT2D eigenvalue weighted by atomic mass is 16.5. The minimum atomic E-state index is -0.454. The maximum atomic E-state index is 12.1. The lowest BCUT2D eigenvalue weighted by molar-refractivity contribution is -0.131. The summed E-state index contributed by atoms with van der Waals surface area (Å²) in [6.07, 6.45) is 0.542. The number of rotatable bonds is 7. The Hall–Kier alpha value is -3.35. The first kappa shape index (κ1) is 19.0. The summed E-state index contributed by atoms with van der Waals surface area (Å²) in [5, 5.41) is 14.8. The van der Waals surface area contributed by atoms with Crippen molar-refractivity contribution in [3.8, 4) is 11.5 Å². The minimum absolute atomic E-state index is 0.0286. The largest absolute Gasteiger partial charge is 0.508 e. The molecule has 136 valence electrons. The van der Waals surface area contributed by atoms with Gasteiger partial charge in [0.05, 0.1) is 0 Å². The number of hydrogen-bond donors (Lipinski definition) is 3. The highest BCUT2D eigenvalue weighted by molar-refractivity contribution is 5.95. The molecule has 7 heteroatoms. The second-order valence-electron chi connectivity index (χ2n) is 5.54. The molecule has 0 bridgehead atoms. The molecule has 26 heavy (non-hydrogen) atoms. The Morgan fingerprint density at radius 1 is 0.923 bits per heavy atom. The topological polar surface area (TPSA) is 105 Å². The van der Waals surface area contributed by atoms with Crippen LogP contribution in [0.3, 0.4) is 0 Å². The molecule has 0 aliphatic carbocycles. The molecule has 0 radical (unpaired) electrons. The molecule has 0 spiro atoms. The molecule has 7 nitrogen and oxygen atoms in total. The zero-order valence-electron chi connectivity index (χ0n) is 14.3. The molecule has 3 N–H and O–H groups in total. The third-order valence-electron chi connectivity index (χ3n) is 3.39. The Labute approximate surface area is 151 Å². The molecule has 2 aromatic carbocycles. The van der Waals surface area contributed by atoms with Crippen LogP contribution >= 0.6 is 0 Å². The molecule has 2 aromatic rings. The summed E-state index contributed by atoms with van der Waals surface area (Å²) in [4.78, 5) is 34.9. The third kappa shape index (κ3) is 5.94. The first-order valence-corrected chi connectivity index (χ1v) is 8.09. The van der Waals surface area contributed by atoms with Crippen molar-refractivity contribution < 1.29 is 24.2 Å². The van der Waals surface area contributed by atoms with Gasteiger partial charge < -0.3 is 20.5 Å². The average molecular weight is 356 g/mol. The van der Waals surface area contributed by atoms with E-state index in [1.54, 1.807) is 30.3 Å². The van der Waals surface area contributed by atoms with Gasteiger partial charge in [0.2, 0.25) is 0 Å². The highest BCUT2D eigenvalue weighted by Gasteiger charge is 2.08. The molecule has 2 amide bonds. The van der Waals surface area contributed by atoms with Crippen molar-refractivity contribution in [1.29, 1.82) is 0 Å². The number of carbonyl (C=O) groups is 3. The van der Waals surface area contributed by atoms with Crippen LogP contribution in [0, 0.1) is 0 Å². The van der Waals surface area contributed by atoms with Crippen molar-refractivity contribution >= 4 is 17.8 Å². The lowest BCUT2D eigenvalue weighted by atomic mass is 10.2. The third-order valence-corrected chi connectivity index (χ3v) is 3.39. The Bertz CT molecular complexity index is 804. The predicted molar refractivity (Wildman–Crippen MR) is 95.1 cm³/mol. The lowest BCUT2D eigenvalue weighted by Crippen LogP contribution is -2.29. The summed E-state index contributed by atoms with van der Waals surface area (Å²) in [6, 6.07) is 12.4. The van der Waals surface area contributed by atoms with Crippen LogP contribution < -0.4 is 15.4 Å². The minimum Gasteiger partial charge on any atom is -0.508 e. The average Bonchev–Trinajstić information content (AvgIpc) is 2.60. The summed E-state index contributed by atoms with van der Waals surface area (Å²) in [7, 11) is 0. The smallest absolute Gasteiger partial charge is 0.308 e. The van der Waals surface area contributed by atoms with Crippen molar-refractivity contribution in [2.75, 3.05) is 13.1 Å². The van der Waals surface area contributed by atoms with Crippen molar-refractivity contribution in [3.63, 3.8) is 0 Å². The van der Waals surface area contributed by atoms with E-state index in [0.29, 0.717) is 36.4 Å². The number of phenols is 1. The van der Waals surface area contributed by atoms with Crippen LogP contribution in [-0.2, 0) is 4.79 Å². The van der Waals surface area contributed by atoms with Crippen molar-refractivity contribution in [3.05, 3.63) is 59.7 Å². The van der Waals surface area contributed by atoms with E-state index < -0.39 is 5.97 Å². The summed E-state index contributed by atoms with van der Waals surface area (Å²) in [5.74, 6) is -0.700. The van der Waals surface area contributed by atoms with Crippen molar-refractivity contribution in [1.82, 2.24) is 10.6 Å². The molecule has 0 aliphatic rings. The first-order valence-electron chi connectivity index (χ1n) is 8.09. The number of aromatic hydroxyl groups is 1. The second-order valence-corrected chi connectivity index (χ2v) is 5.54. The van der Waals surface area contributed by atoms with Gasteiger partial charge in [-0.1, -0.05) is 12.1 Å². The first-order chi connectivity index (χ1) is 12.5. The van der Waals surface area contributed by atoms with Crippen LogP contribution in [-0.4, -0.2) is 36.0 Å². The van der Waals surface area contributed by atoms with Gasteiger partial charge in [-0.25, -0.2) is 0 Å². The number of amides is 2. The summed E-state index contributed by atoms with van der Waals surface area (Å²) in [5.41, 5.74) is 0.754. The molecule has 0 unspecified atom stereocenters. The number of esters is 1. The highest BCUT2D eigenvalue weighted by Crippen LogP contribution is 2.13. The normalized spacial score (nSPS) is 10.0. The maximum absolute atomic E-state index is 12.1. The second kappa shape index (κ2) is 9.22. The quantitative estimate of drug-likeness (QED) is 0.399. The fourth-order valence-corrected chi connectivity index (χ4v) is 2.21. The number of hydrogen-bond acceptors (Lipinski definition) is 5. The maximum Gasteiger partial charge on any atom is 0.308 e. The van der Waals surface area contributed by atoms with Gasteiger partial charge in [0.25, 0.3) is 11.8 Å². The Kier molecular flexibility index (Phi) is 6.73. The Morgan fingerprint density at radius 3 is 2.08 bits per heavy atom. The van der Waals surface area contributed by atoms with E-state index in [9.17, 15) is 19.5 Å². The van der Waals surface area contributed by atoms with E-state index in [2.05, 4.69) is 10.6 Å². The van der Waals surface area contributed by atoms with Gasteiger partial charge in [0.1, 0.15) is 11.5 Å². The van der Waals surface area contributed by atoms with E-state index in [1.807, 2.05) is 0 Å². The van der Waals surface area contributed by atoms with E-state index in [4.69, 9.17) is 4.74 Å². The molecule has 2 rings (SSSR count). The number of ether oxygens (including phenoxy) is 1. The van der Waals surface area contributed by atoms with Gasteiger partial charge >= 0.3 is 5.97 Å². The van der Waals surface area contributed by atoms with Crippen LogP contribution in [0.4, 0.5) is 0 Å². The molecule has 0 aromatic heterocycles. The van der Waals surface area contributed by atoms with Crippen LogP contribution in [0.1, 0.15) is 34.1 Å². The zero-order valence-corrected chi connectivity index (χ0v) is 14.3. The summed E-state index contributed by atoms with van der Waals surface area (Å²) in [6.45, 7) is 2.04. The van der Waals surface area contributed by atoms with E-state index in [1.165, 1.54) is 25.1 Å². The molecule has 0 saturated heterocycles. The molecular weight excluding hydrogens is 336 g/mol. The van der Waals surface area contributed by atoms with E-state index in [-0.39, 0.29) is 17.6 Å². The van der Waals surface area contributed by atoms with Crippen molar-refractivity contribution in [2.24, 2.45) is 0 Å². The number of phenolic OH excluding ortho intramolecular Hbond substituents is 1. The molecule has 0 atom stereocenters. The van der Waals surface area contributed by atoms with Crippen LogP contribution in [0.2, 0.25) is 0 Å². The number of nitrogens with one attached hydrogen (secondary N) is 2. The van der Waals surface area contributed by atoms with Crippen LogP contribution in [0.25, 0.3) is 0 Å². The van der Waals surface area contributed by atoms with E-state index in [0.717, 1.165) is 0 Å². The SMILES string of the molecule is CC(=O)Oc1cccc(C(=O)NCCCNC(=O)c2cccc(O)c2)c1. The van der Waals surface area contributed by atoms with Gasteiger partial charge in [-0.15, -0.1) is 0 Å². The molecule has 0 saturated carbocycles. The van der Waals surface area contributed by atoms with Gasteiger partial charge in [0, 0.05) is 31.1 Å². The molecule has 0 aliphatic heterocycles. The van der Waals surface area contributed by atoms with Crippen LogP contribution in [0.15, 0.2) is 48.5 Å². The number of benzene rings is 2. The summed E-state index contributed by atoms with van der Waals surface area (Å²) >= 11 is 0. The van der Waals surface area contributed by atoms with Gasteiger partial charge in [-0.05, 0) is 42.8 Å². The number of carbonyl (C=O) groups excluding carboxylic acids is 3. The van der Waals surface area contributed by atoms with Gasteiger partial charge in [0.15, 0.2) is 0 Å². The standard InChI is InChI=1S/C19H20N2O5/c1-13(22)26-17-8-3-6-15(12-17)19(25)21-10-4-9-20-18(24)14-5-2-7-16(23)11-14/h2-3,5-8,11-12,23H,4,9-10H2,1H3,(H,20,24)(H,21,25). The molecule has 0 fully saturated rings. The Morgan fingerprint density at radius 2 is 1.50 bits per heavy atom. The fraction of sp³-hybridized carbons (Fsp3) is 0.211. The van der Waals surface area contributed by atoms with Crippen LogP contribution in [0.5, 0.6) is 11.5 Å². The predicted octanol–water partition coefficient (Wildman–Crippen LogP) is 1.87. The zero-order chi connectivity index (χ0) is 18.9. The Balaban J connectivity index is 1.73. The summed E-state index contributed by atoms with van der Waals surface area (Å²) < 4.78 is 4.94. The van der Waals surface area contributed by atoms with E-state index >= 15 is 0 Å². The molecule has 0 heterocycles. The van der Waals surface area contributed by atoms with Crippen molar-refractivity contribution in [2.45, 2.75) is 13.3 Å². The van der Waals surface area contributed by atoms with Gasteiger partial charge in [-0.2, -0.15) is 0 Å². The lowest BCUT2D eigenvalue weighted by Gasteiger charge is -2.08.